The molecule has 5 nitrogen and oxygen atoms in total. The molecule has 1 aromatic heterocycles. The number of para-hydroxylation sites is 1. The number of nitrogens with zero attached hydrogens (tertiary/aromatic N) is 2. The van der Waals surface area contributed by atoms with E-state index in [1.165, 1.54) is 0 Å². The first-order valence-electron chi connectivity index (χ1n) is 7.93. The van der Waals surface area contributed by atoms with Crippen LogP contribution in [0.2, 0.25) is 0 Å². The van der Waals surface area contributed by atoms with E-state index >= 15 is 0 Å². The number of hydrogen-bond acceptors (Lipinski definition) is 3. The summed E-state index contributed by atoms with van der Waals surface area (Å²) in [4.78, 5) is 12.4. The van der Waals surface area contributed by atoms with Crippen molar-refractivity contribution in [3.63, 3.8) is 0 Å². The maximum absolute atomic E-state index is 12.4. The van der Waals surface area contributed by atoms with Crippen molar-refractivity contribution in [3.05, 3.63) is 47.8 Å². The van der Waals surface area contributed by atoms with E-state index in [-0.39, 0.29) is 5.91 Å². The average Bonchev–Trinajstić information content (AvgIpc) is 3.30. The Balaban J connectivity index is 1.80. The van der Waals surface area contributed by atoms with Gasteiger partial charge in [-0.05, 0) is 31.5 Å². The highest BCUT2D eigenvalue weighted by Crippen LogP contribution is 2.42. The van der Waals surface area contributed by atoms with Gasteiger partial charge in [-0.25, -0.2) is 4.68 Å². The molecule has 0 bridgehead atoms. The summed E-state index contributed by atoms with van der Waals surface area (Å²) in [5.74, 6) is 0.430. The van der Waals surface area contributed by atoms with Crippen LogP contribution in [0.4, 0.5) is 0 Å². The van der Waals surface area contributed by atoms with Crippen LogP contribution in [0.3, 0.4) is 0 Å². The molecular weight excluding hydrogens is 276 g/mol. The minimum absolute atomic E-state index is 0.0259. The zero-order chi connectivity index (χ0) is 15.4. The molecule has 0 spiro atoms. The van der Waals surface area contributed by atoms with Gasteiger partial charge in [0.15, 0.2) is 0 Å². The number of nitrogens with one attached hydrogen (secondary N) is 2. The zero-order valence-corrected chi connectivity index (χ0v) is 12.9. The van der Waals surface area contributed by atoms with Gasteiger partial charge in [-0.15, -0.1) is 0 Å². The molecule has 0 atom stereocenters. The van der Waals surface area contributed by atoms with Crippen molar-refractivity contribution in [3.8, 4) is 5.69 Å². The number of aromatic nitrogens is 2. The highest BCUT2D eigenvalue weighted by atomic mass is 16.1. The molecule has 1 heterocycles. The smallest absolute Gasteiger partial charge is 0.254 e. The molecule has 1 fully saturated rings. The summed E-state index contributed by atoms with van der Waals surface area (Å²) >= 11 is 0. The molecule has 116 valence electrons. The molecular formula is C17H22N4O. The largest absolute Gasteiger partial charge is 0.351 e. The van der Waals surface area contributed by atoms with Crippen molar-refractivity contribution in [1.82, 2.24) is 20.4 Å². The third-order valence-corrected chi connectivity index (χ3v) is 3.85. The number of carbonyl (C=O) groups excluding carboxylic acids is 1. The van der Waals surface area contributed by atoms with Gasteiger partial charge >= 0.3 is 0 Å². The first-order valence-corrected chi connectivity index (χ1v) is 7.93. The van der Waals surface area contributed by atoms with Crippen molar-refractivity contribution in [2.45, 2.75) is 25.7 Å². The molecule has 1 saturated carbocycles. The Morgan fingerprint density at radius 3 is 2.73 bits per heavy atom. The topological polar surface area (TPSA) is 58.9 Å². The van der Waals surface area contributed by atoms with Crippen LogP contribution in [0.25, 0.3) is 5.69 Å². The fourth-order valence-corrected chi connectivity index (χ4v) is 2.59. The van der Waals surface area contributed by atoms with Gasteiger partial charge in [-0.2, -0.15) is 5.10 Å². The van der Waals surface area contributed by atoms with Gasteiger partial charge in [0.25, 0.3) is 5.91 Å². The maximum atomic E-state index is 12.4. The highest BCUT2D eigenvalue weighted by Gasteiger charge is 2.32. The summed E-state index contributed by atoms with van der Waals surface area (Å²) in [6.45, 7) is 4.38. The van der Waals surface area contributed by atoms with Crippen LogP contribution >= 0.6 is 0 Å². The predicted molar refractivity (Wildman–Crippen MR) is 86.4 cm³/mol. The van der Waals surface area contributed by atoms with Crippen LogP contribution in [-0.2, 0) is 0 Å². The SMILES string of the molecule is CCNCCNC(=O)c1cnn(-c2ccccc2)c1C1CC1. The number of amides is 1. The van der Waals surface area contributed by atoms with E-state index in [0.717, 1.165) is 37.3 Å². The van der Waals surface area contributed by atoms with Gasteiger partial charge in [0.05, 0.1) is 23.1 Å². The van der Waals surface area contributed by atoms with Crippen molar-refractivity contribution >= 4 is 5.91 Å². The van der Waals surface area contributed by atoms with E-state index in [0.29, 0.717) is 18.0 Å². The first kappa shape index (κ1) is 14.8. The molecule has 0 radical (unpaired) electrons. The third-order valence-electron chi connectivity index (χ3n) is 3.85. The minimum Gasteiger partial charge on any atom is -0.351 e. The second-order valence-corrected chi connectivity index (χ2v) is 5.57. The van der Waals surface area contributed by atoms with Crippen LogP contribution in [-0.4, -0.2) is 35.3 Å². The average molecular weight is 298 g/mol. The molecule has 1 aromatic carbocycles. The van der Waals surface area contributed by atoms with E-state index < -0.39 is 0 Å². The summed E-state index contributed by atoms with van der Waals surface area (Å²) in [6, 6.07) is 10.0. The molecule has 22 heavy (non-hydrogen) atoms. The van der Waals surface area contributed by atoms with Crippen molar-refractivity contribution in [1.29, 1.82) is 0 Å². The van der Waals surface area contributed by atoms with Crippen LogP contribution in [0.5, 0.6) is 0 Å². The molecule has 5 heteroatoms. The predicted octanol–water partition coefficient (Wildman–Crippen LogP) is 2.09. The molecule has 0 unspecified atom stereocenters. The number of benzene rings is 1. The minimum atomic E-state index is -0.0259. The summed E-state index contributed by atoms with van der Waals surface area (Å²) in [6.07, 6.45) is 3.97. The van der Waals surface area contributed by atoms with Crippen molar-refractivity contribution in [2.75, 3.05) is 19.6 Å². The molecule has 0 aliphatic heterocycles. The quantitative estimate of drug-likeness (QED) is 0.770. The lowest BCUT2D eigenvalue weighted by atomic mass is 10.1. The molecule has 1 amide bonds. The Kier molecular flexibility index (Phi) is 4.53. The lowest BCUT2D eigenvalue weighted by molar-refractivity contribution is 0.0953. The first-order chi connectivity index (χ1) is 10.8. The van der Waals surface area contributed by atoms with Gasteiger partial charge in [0.1, 0.15) is 0 Å². The Labute approximate surface area is 130 Å². The molecule has 1 aliphatic rings. The summed E-state index contributed by atoms with van der Waals surface area (Å²) < 4.78 is 1.91. The number of carbonyl (C=O) groups is 1. The van der Waals surface area contributed by atoms with Crippen LogP contribution < -0.4 is 10.6 Å². The molecule has 3 rings (SSSR count). The fraction of sp³-hybridized carbons (Fsp3) is 0.412. The molecule has 1 aliphatic carbocycles. The van der Waals surface area contributed by atoms with E-state index in [1.54, 1.807) is 6.20 Å². The standard InChI is InChI=1S/C17H22N4O/c1-2-18-10-11-19-17(22)15-12-20-21(16(15)13-8-9-13)14-6-4-3-5-7-14/h3-7,12-13,18H,2,8-11H2,1H3,(H,19,22). The van der Waals surface area contributed by atoms with Gasteiger partial charge in [-0.3, -0.25) is 4.79 Å². The second-order valence-electron chi connectivity index (χ2n) is 5.57. The van der Waals surface area contributed by atoms with Crippen LogP contribution in [0.1, 0.15) is 41.7 Å². The number of rotatable bonds is 7. The normalized spacial score (nSPS) is 14.0. The van der Waals surface area contributed by atoms with Gasteiger partial charge < -0.3 is 10.6 Å². The fourth-order valence-electron chi connectivity index (χ4n) is 2.59. The highest BCUT2D eigenvalue weighted by molar-refractivity contribution is 5.95. The Morgan fingerprint density at radius 2 is 2.05 bits per heavy atom. The monoisotopic (exact) mass is 298 g/mol. The van der Waals surface area contributed by atoms with E-state index in [2.05, 4.69) is 22.7 Å². The Bertz CT molecular complexity index is 631. The molecule has 2 aromatic rings. The lowest BCUT2D eigenvalue weighted by Crippen LogP contribution is -2.32. The van der Waals surface area contributed by atoms with Gasteiger partial charge in [-0.1, -0.05) is 25.1 Å². The van der Waals surface area contributed by atoms with Gasteiger partial charge in [0.2, 0.25) is 0 Å². The summed E-state index contributed by atoms with van der Waals surface area (Å²) in [7, 11) is 0. The van der Waals surface area contributed by atoms with Gasteiger partial charge in [0, 0.05) is 19.0 Å². The summed E-state index contributed by atoms with van der Waals surface area (Å²) in [5.41, 5.74) is 2.77. The van der Waals surface area contributed by atoms with Crippen LogP contribution in [0.15, 0.2) is 36.5 Å². The van der Waals surface area contributed by atoms with Crippen molar-refractivity contribution < 1.29 is 4.79 Å². The zero-order valence-electron chi connectivity index (χ0n) is 12.9. The van der Waals surface area contributed by atoms with Crippen LogP contribution in [0, 0.1) is 0 Å². The molecule has 2 N–H and O–H groups in total. The Morgan fingerprint density at radius 1 is 1.27 bits per heavy atom. The molecule has 0 saturated heterocycles. The summed E-state index contributed by atoms with van der Waals surface area (Å²) in [5, 5.41) is 10.6. The second kappa shape index (κ2) is 6.75. The van der Waals surface area contributed by atoms with E-state index in [1.807, 2.05) is 35.0 Å². The lowest BCUT2D eigenvalue weighted by Gasteiger charge is -2.09. The number of likely N-dealkylation sites (N-methyl/N-ethyl adjacent to an activating group) is 1. The van der Waals surface area contributed by atoms with Crippen molar-refractivity contribution in [2.24, 2.45) is 0 Å². The maximum Gasteiger partial charge on any atom is 0.254 e. The third kappa shape index (κ3) is 3.20. The van der Waals surface area contributed by atoms with E-state index in [9.17, 15) is 4.79 Å². The van der Waals surface area contributed by atoms with E-state index in [4.69, 9.17) is 0 Å². The number of hydrogen-bond donors (Lipinski definition) is 2. The Hall–Kier alpha value is -2.14.